The van der Waals surface area contributed by atoms with Crippen molar-refractivity contribution in [2.24, 2.45) is 0 Å². The van der Waals surface area contributed by atoms with Gasteiger partial charge in [-0.05, 0) is 44.2 Å². The maximum Gasteiger partial charge on any atom is 0.338 e. The van der Waals surface area contributed by atoms with Crippen molar-refractivity contribution < 1.29 is 23.8 Å². The first-order valence-corrected chi connectivity index (χ1v) is 8.94. The van der Waals surface area contributed by atoms with E-state index >= 15 is 0 Å². The Morgan fingerprint density at radius 1 is 1.00 bits per heavy atom. The van der Waals surface area contributed by atoms with Crippen LogP contribution in [0.1, 0.15) is 24.2 Å². The lowest BCUT2D eigenvalue weighted by atomic mass is 10.2. The summed E-state index contributed by atoms with van der Waals surface area (Å²) in [4.78, 5) is 26.3. The second-order valence-corrected chi connectivity index (χ2v) is 6.58. The minimum absolute atomic E-state index is 0.0276. The van der Waals surface area contributed by atoms with Gasteiger partial charge in [0.2, 0.25) is 0 Å². The van der Waals surface area contributed by atoms with Crippen LogP contribution in [0, 0.1) is 0 Å². The van der Waals surface area contributed by atoms with Gasteiger partial charge in [0, 0.05) is 13.1 Å². The van der Waals surface area contributed by atoms with Crippen LogP contribution in [0.4, 0.5) is 0 Å². The Kier molecular flexibility index (Phi) is 6.08. The molecule has 1 aliphatic rings. The monoisotopic (exact) mass is 369 g/mol. The van der Waals surface area contributed by atoms with Gasteiger partial charge in [0.15, 0.2) is 6.61 Å². The minimum Gasteiger partial charge on any atom is -0.457 e. The van der Waals surface area contributed by atoms with Crippen molar-refractivity contribution in [2.45, 2.75) is 26.1 Å². The van der Waals surface area contributed by atoms with E-state index in [1.54, 1.807) is 29.2 Å². The number of hydrogen-bond donors (Lipinski definition) is 0. The maximum atomic E-state index is 12.3. The second-order valence-electron chi connectivity index (χ2n) is 6.58. The molecule has 0 radical (unpaired) electrons. The molecule has 2 atom stereocenters. The summed E-state index contributed by atoms with van der Waals surface area (Å²) in [5.74, 6) is 0.421. The van der Waals surface area contributed by atoms with Gasteiger partial charge in [-0.2, -0.15) is 0 Å². The molecule has 0 aliphatic carbocycles. The first kappa shape index (κ1) is 18.9. The summed E-state index contributed by atoms with van der Waals surface area (Å²) >= 11 is 0. The number of hydrogen-bond acceptors (Lipinski definition) is 5. The van der Waals surface area contributed by atoms with Gasteiger partial charge in [-0.25, -0.2) is 4.79 Å². The van der Waals surface area contributed by atoms with Crippen molar-refractivity contribution in [3.05, 3.63) is 60.2 Å². The third kappa shape index (κ3) is 5.31. The average molecular weight is 369 g/mol. The molecule has 0 aromatic heterocycles. The van der Waals surface area contributed by atoms with Crippen molar-refractivity contribution >= 4 is 11.9 Å². The molecule has 1 saturated heterocycles. The highest BCUT2D eigenvalue weighted by atomic mass is 16.5. The zero-order valence-corrected chi connectivity index (χ0v) is 15.5. The number of carbonyl (C=O) groups is 2. The number of para-hydroxylation sites is 1. The van der Waals surface area contributed by atoms with Gasteiger partial charge in [0.05, 0.1) is 17.8 Å². The van der Waals surface area contributed by atoms with Crippen LogP contribution in [0.3, 0.4) is 0 Å². The Balaban J connectivity index is 1.56. The molecule has 2 aromatic rings. The Morgan fingerprint density at radius 2 is 1.67 bits per heavy atom. The summed E-state index contributed by atoms with van der Waals surface area (Å²) in [6.45, 7) is 4.55. The van der Waals surface area contributed by atoms with Crippen molar-refractivity contribution in [1.29, 1.82) is 0 Å². The third-order valence-corrected chi connectivity index (χ3v) is 4.15. The molecule has 0 saturated carbocycles. The fourth-order valence-electron chi connectivity index (χ4n) is 2.99. The fourth-order valence-corrected chi connectivity index (χ4v) is 2.99. The zero-order valence-electron chi connectivity index (χ0n) is 15.5. The summed E-state index contributed by atoms with van der Waals surface area (Å²) in [7, 11) is 0. The lowest BCUT2D eigenvalue weighted by Crippen LogP contribution is -2.49. The molecule has 6 heteroatoms. The summed E-state index contributed by atoms with van der Waals surface area (Å²) in [6.07, 6.45) is -0.0552. The van der Waals surface area contributed by atoms with Crippen molar-refractivity contribution in [2.75, 3.05) is 19.7 Å². The van der Waals surface area contributed by atoms with Crippen LogP contribution >= 0.6 is 0 Å². The van der Waals surface area contributed by atoms with E-state index in [1.807, 2.05) is 44.2 Å². The molecule has 1 aliphatic heterocycles. The van der Waals surface area contributed by atoms with Crippen molar-refractivity contribution in [3.8, 4) is 11.5 Å². The Morgan fingerprint density at radius 3 is 2.37 bits per heavy atom. The van der Waals surface area contributed by atoms with Crippen LogP contribution in [0.2, 0.25) is 0 Å². The quantitative estimate of drug-likeness (QED) is 0.757. The summed E-state index contributed by atoms with van der Waals surface area (Å²) in [6, 6.07) is 16.0. The summed E-state index contributed by atoms with van der Waals surface area (Å²) in [5.41, 5.74) is 0.333. The lowest BCUT2D eigenvalue weighted by molar-refractivity contribution is -0.146. The first-order chi connectivity index (χ1) is 13.0. The molecule has 1 heterocycles. The molecule has 142 valence electrons. The smallest absolute Gasteiger partial charge is 0.338 e. The Hall–Kier alpha value is -2.86. The molecule has 27 heavy (non-hydrogen) atoms. The molecule has 1 fully saturated rings. The lowest BCUT2D eigenvalue weighted by Gasteiger charge is -2.35. The molecule has 3 rings (SSSR count). The first-order valence-electron chi connectivity index (χ1n) is 8.94. The summed E-state index contributed by atoms with van der Waals surface area (Å²) in [5, 5.41) is 0. The molecule has 2 aromatic carbocycles. The van der Waals surface area contributed by atoms with E-state index in [4.69, 9.17) is 14.2 Å². The second kappa shape index (κ2) is 8.68. The van der Waals surface area contributed by atoms with E-state index in [-0.39, 0.29) is 24.7 Å². The maximum absolute atomic E-state index is 12.3. The summed E-state index contributed by atoms with van der Waals surface area (Å²) < 4.78 is 16.5. The number of nitrogens with zero attached hydrogens (tertiary/aromatic N) is 1. The van der Waals surface area contributed by atoms with Gasteiger partial charge in [-0.15, -0.1) is 0 Å². The average Bonchev–Trinajstić information content (AvgIpc) is 2.66. The standard InChI is InChI=1S/C21H23NO5/c1-15-12-22(13-16(2)26-15)20(23)14-25-21(24)17-7-6-10-19(11-17)27-18-8-4-3-5-9-18/h3-11,15-16H,12-14H2,1-2H3. The van der Waals surface area contributed by atoms with Crippen LogP contribution in [-0.4, -0.2) is 48.7 Å². The molecule has 0 N–H and O–H groups in total. The Labute approximate surface area is 158 Å². The van der Waals surface area contributed by atoms with Gasteiger partial charge >= 0.3 is 5.97 Å². The van der Waals surface area contributed by atoms with E-state index in [9.17, 15) is 9.59 Å². The molecular weight excluding hydrogens is 346 g/mol. The van der Waals surface area contributed by atoms with Crippen molar-refractivity contribution in [1.82, 2.24) is 4.90 Å². The normalized spacial score (nSPS) is 19.4. The minimum atomic E-state index is -0.559. The SMILES string of the molecule is CC1CN(C(=O)COC(=O)c2cccc(Oc3ccccc3)c2)CC(C)O1. The number of morpholine rings is 1. The fraction of sp³-hybridized carbons (Fsp3) is 0.333. The molecule has 1 amide bonds. The predicted molar refractivity (Wildman–Crippen MR) is 99.8 cm³/mol. The number of amides is 1. The van der Waals surface area contributed by atoms with Crippen molar-refractivity contribution in [3.63, 3.8) is 0 Å². The number of rotatable bonds is 5. The highest BCUT2D eigenvalue weighted by Crippen LogP contribution is 2.22. The predicted octanol–water partition coefficient (Wildman–Crippen LogP) is 3.27. The number of ether oxygens (including phenoxy) is 3. The van der Waals surface area contributed by atoms with E-state index in [2.05, 4.69) is 0 Å². The highest BCUT2D eigenvalue weighted by molar-refractivity contribution is 5.91. The van der Waals surface area contributed by atoms with E-state index in [0.717, 1.165) is 0 Å². The van der Waals surface area contributed by atoms with Gasteiger partial charge in [-0.1, -0.05) is 24.3 Å². The van der Waals surface area contributed by atoms with E-state index in [1.165, 1.54) is 0 Å². The van der Waals surface area contributed by atoms with Gasteiger partial charge in [0.25, 0.3) is 5.91 Å². The van der Waals surface area contributed by atoms with Gasteiger partial charge in [-0.3, -0.25) is 4.79 Å². The van der Waals surface area contributed by atoms with Crippen LogP contribution in [0.15, 0.2) is 54.6 Å². The topological polar surface area (TPSA) is 65.1 Å². The number of esters is 1. The van der Waals surface area contributed by atoms with Gasteiger partial charge in [0.1, 0.15) is 11.5 Å². The Bertz CT molecular complexity index is 782. The third-order valence-electron chi connectivity index (χ3n) is 4.15. The van der Waals surface area contributed by atoms with Crippen LogP contribution in [0.25, 0.3) is 0 Å². The molecule has 0 spiro atoms. The van der Waals surface area contributed by atoms with Gasteiger partial charge < -0.3 is 19.1 Å². The van der Waals surface area contributed by atoms with Crippen LogP contribution < -0.4 is 4.74 Å². The molecule has 6 nitrogen and oxygen atoms in total. The number of benzene rings is 2. The van der Waals surface area contributed by atoms with E-state index < -0.39 is 5.97 Å². The molecular formula is C21H23NO5. The van der Waals surface area contributed by atoms with E-state index in [0.29, 0.717) is 30.2 Å². The largest absolute Gasteiger partial charge is 0.457 e. The molecule has 0 bridgehead atoms. The highest BCUT2D eigenvalue weighted by Gasteiger charge is 2.26. The van der Waals surface area contributed by atoms with Crippen LogP contribution in [-0.2, 0) is 14.3 Å². The molecule has 2 unspecified atom stereocenters. The zero-order chi connectivity index (χ0) is 19.2. The van der Waals surface area contributed by atoms with Crippen LogP contribution in [0.5, 0.6) is 11.5 Å². The number of carbonyl (C=O) groups excluding carboxylic acids is 2.